The average molecular weight is 263 g/mol. The van der Waals surface area contributed by atoms with Gasteiger partial charge in [-0.1, -0.05) is 33.1 Å². The molecule has 0 amide bonds. The fourth-order valence-corrected chi connectivity index (χ4v) is 3.44. The zero-order chi connectivity index (χ0) is 13.8. The molecule has 108 valence electrons. The Bertz CT molecular complexity index is 397. The highest BCUT2D eigenvalue weighted by Crippen LogP contribution is 2.33. The monoisotopic (exact) mass is 263 g/mol. The van der Waals surface area contributed by atoms with Crippen LogP contribution < -0.4 is 5.73 Å². The molecule has 1 aliphatic rings. The predicted octanol–water partition coefficient (Wildman–Crippen LogP) is 3.07. The molecule has 0 spiro atoms. The lowest BCUT2D eigenvalue weighted by molar-refractivity contribution is 0.227. The van der Waals surface area contributed by atoms with Crippen molar-refractivity contribution in [3.8, 4) is 0 Å². The van der Waals surface area contributed by atoms with E-state index in [2.05, 4.69) is 25.0 Å². The van der Waals surface area contributed by atoms with E-state index in [9.17, 15) is 0 Å². The molecule has 2 N–H and O–H groups in total. The Morgan fingerprint density at radius 2 is 2.21 bits per heavy atom. The van der Waals surface area contributed by atoms with E-state index in [1.165, 1.54) is 43.5 Å². The number of aromatic nitrogens is 2. The summed E-state index contributed by atoms with van der Waals surface area (Å²) in [4.78, 5) is 0. The van der Waals surface area contributed by atoms with Crippen LogP contribution in [0.3, 0.4) is 0 Å². The van der Waals surface area contributed by atoms with Gasteiger partial charge in [0.05, 0.1) is 5.69 Å². The third-order valence-electron chi connectivity index (χ3n) is 4.84. The summed E-state index contributed by atoms with van der Waals surface area (Å²) in [5, 5.41) is 4.52. The fraction of sp³-hybridized carbons (Fsp3) is 0.812. The molecule has 1 saturated carbocycles. The second-order valence-corrected chi connectivity index (χ2v) is 6.17. The lowest BCUT2D eigenvalue weighted by Crippen LogP contribution is -2.36. The van der Waals surface area contributed by atoms with Crippen molar-refractivity contribution in [2.24, 2.45) is 24.6 Å². The molecule has 0 aromatic carbocycles. The molecule has 3 atom stereocenters. The van der Waals surface area contributed by atoms with Crippen molar-refractivity contribution in [1.29, 1.82) is 0 Å². The van der Waals surface area contributed by atoms with E-state index >= 15 is 0 Å². The maximum Gasteiger partial charge on any atom is 0.0624 e. The second kappa shape index (κ2) is 6.56. The van der Waals surface area contributed by atoms with Crippen LogP contribution in [-0.4, -0.2) is 15.8 Å². The van der Waals surface area contributed by atoms with Crippen molar-refractivity contribution < 1.29 is 0 Å². The van der Waals surface area contributed by atoms with E-state index in [0.717, 1.165) is 18.8 Å². The zero-order valence-corrected chi connectivity index (χ0v) is 12.7. The summed E-state index contributed by atoms with van der Waals surface area (Å²) in [7, 11) is 2.04. The summed E-state index contributed by atoms with van der Waals surface area (Å²) < 4.78 is 2.01. The van der Waals surface area contributed by atoms with Crippen LogP contribution in [0.25, 0.3) is 0 Å². The molecule has 0 bridgehead atoms. The fourth-order valence-electron chi connectivity index (χ4n) is 3.44. The zero-order valence-electron chi connectivity index (χ0n) is 12.7. The number of nitrogens with zero attached hydrogens (tertiary/aromatic N) is 2. The quantitative estimate of drug-likeness (QED) is 0.887. The van der Waals surface area contributed by atoms with E-state index in [4.69, 9.17) is 5.73 Å². The molecular formula is C16H29N3. The van der Waals surface area contributed by atoms with Gasteiger partial charge < -0.3 is 5.73 Å². The summed E-state index contributed by atoms with van der Waals surface area (Å²) >= 11 is 0. The summed E-state index contributed by atoms with van der Waals surface area (Å²) in [5.41, 5.74) is 8.95. The van der Waals surface area contributed by atoms with Crippen molar-refractivity contribution in [3.63, 3.8) is 0 Å². The lowest BCUT2D eigenvalue weighted by atomic mass is 9.76. The lowest BCUT2D eigenvalue weighted by Gasteiger charge is -2.32. The van der Waals surface area contributed by atoms with Gasteiger partial charge in [-0.15, -0.1) is 0 Å². The van der Waals surface area contributed by atoms with E-state index in [0.29, 0.717) is 12.0 Å². The Morgan fingerprint density at radius 3 is 2.84 bits per heavy atom. The number of aryl methyl sites for hydroxylation is 2. The first-order valence-corrected chi connectivity index (χ1v) is 7.91. The van der Waals surface area contributed by atoms with Crippen LogP contribution in [0.4, 0.5) is 0 Å². The predicted molar refractivity (Wildman–Crippen MR) is 80.0 cm³/mol. The van der Waals surface area contributed by atoms with Gasteiger partial charge in [-0.2, -0.15) is 5.10 Å². The highest BCUT2D eigenvalue weighted by molar-refractivity contribution is 5.11. The molecule has 3 heteroatoms. The molecule has 2 rings (SSSR count). The number of hydrogen-bond acceptors (Lipinski definition) is 2. The average Bonchev–Trinajstić information content (AvgIpc) is 2.79. The Balaban J connectivity index is 1.95. The highest BCUT2D eigenvalue weighted by Gasteiger charge is 2.26. The topological polar surface area (TPSA) is 43.8 Å². The Labute approximate surface area is 117 Å². The van der Waals surface area contributed by atoms with Crippen LogP contribution in [0.2, 0.25) is 0 Å². The molecule has 3 unspecified atom stereocenters. The van der Waals surface area contributed by atoms with Crippen LogP contribution in [0.1, 0.15) is 57.3 Å². The van der Waals surface area contributed by atoms with Crippen LogP contribution in [0, 0.1) is 11.8 Å². The van der Waals surface area contributed by atoms with Crippen molar-refractivity contribution in [1.82, 2.24) is 9.78 Å². The van der Waals surface area contributed by atoms with Crippen LogP contribution >= 0.6 is 0 Å². The first kappa shape index (κ1) is 14.6. The second-order valence-electron chi connectivity index (χ2n) is 6.17. The van der Waals surface area contributed by atoms with Gasteiger partial charge in [0.1, 0.15) is 0 Å². The third-order valence-corrected chi connectivity index (χ3v) is 4.84. The molecule has 1 aromatic rings. The summed E-state index contributed by atoms with van der Waals surface area (Å²) in [5.74, 6) is 1.61. The van der Waals surface area contributed by atoms with Gasteiger partial charge in [0, 0.05) is 25.2 Å². The molecule has 0 aliphatic heterocycles. The van der Waals surface area contributed by atoms with Gasteiger partial charge in [-0.05, 0) is 37.2 Å². The third kappa shape index (κ3) is 3.59. The normalized spacial score (nSPS) is 25.5. The number of rotatable bonds is 5. The molecule has 0 saturated heterocycles. The van der Waals surface area contributed by atoms with Gasteiger partial charge in [-0.3, -0.25) is 4.68 Å². The Kier molecular flexibility index (Phi) is 5.03. The largest absolute Gasteiger partial charge is 0.327 e. The van der Waals surface area contributed by atoms with Crippen molar-refractivity contribution in [2.45, 2.75) is 64.8 Å². The molecule has 3 nitrogen and oxygen atoms in total. The minimum absolute atomic E-state index is 0.300. The van der Waals surface area contributed by atoms with Crippen LogP contribution in [0.5, 0.6) is 0 Å². The van der Waals surface area contributed by atoms with Gasteiger partial charge in [0.25, 0.3) is 0 Å². The molecule has 1 aromatic heterocycles. The first-order valence-electron chi connectivity index (χ1n) is 7.91. The molecule has 0 radical (unpaired) electrons. The minimum atomic E-state index is 0.300. The van der Waals surface area contributed by atoms with Gasteiger partial charge >= 0.3 is 0 Å². The van der Waals surface area contributed by atoms with E-state index < -0.39 is 0 Å². The minimum Gasteiger partial charge on any atom is -0.327 e. The standard InChI is InChI=1S/C16H29N3/c1-4-12-7-6-8-13(9-12)16(17)11-15-10-14(5-2)18-19(15)3/h10,12-13,16H,4-9,11,17H2,1-3H3. The van der Waals surface area contributed by atoms with Gasteiger partial charge in [-0.25, -0.2) is 0 Å². The SMILES string of the molecule is CCc1cc(CC(N)C2CCCC(CC)C2)n(C)n1. The molecule has 1 aliphatic carbocycles. The molecule has 1 heterocycles. The van der Waals surface area contributed by atoms with Crippen LogP contribution in [-0.2, 0) is 19.9 Å². The molecular weight excluding hydrogens is 234 g/mol. The summed E-state index contributed by atoms with van der Waals surface area (Å²) in [6.07, 6.45) is 8.71. The van der Waals surface area contributed by atoms with Crippen molar-refractivity contribution >= 4 is 0 Å². The van der Waals surface area contributed by atoms with Gasteiger partial charge in [0.2, 0.25) is 0 Å². The summed E-state index contributed by atoms with van der Waals surface area (Å²) in [6.45, 7) is 4.46. The van der Waals surface area contributed by atoms with Crippen molar-refractivity contribution in [2.75, 3.05) is 0 Å². The molecule has 19 heavy (non-hydrogen) atoms. The smallest absolute Gasteiger partial charge is 0.0624 e. The maximum absolute atomic E-state index is 6.48. The number of hydrogen-bond donors (Lipinski definition) is 1. The number of nitrogens with two attached hydrogens (primary N) is 1. The maximum atomic E-state index is 6.48. The van der Waals surface area contributed by atoms with E-state index in [-0.39, 0.29) is 0 Å². The van der Waals surface area contributed by atoms with E-state index in [1.54, 1.807) is 0 Å². The first-order chi connectivity index (χ1) is 9.13. The Morgan fingerprint density at radius 1 is 1.42 bits per heavy atom. The summed E-state index contributed by atoms with van der Waals surface area (Å²) in [6, 6.07) is 2.52. The Hall–Kier alpha value is -0.830. The van der Waals surface area contributed by atoms with Crippen LogP contribution in [0.15, 0.2) is 6.07 Å². The van der Waals surface area contributed by atoms with Gasteiger partial charge in [0.15, 0.2) is 0 Å². The molecule has 1 fully saturated rings. The highest BCUT2D eigenvalue weighted by atomic mass is 15.3. The van der Waals surface area contributed by atoms with E-state index in [1.807, 2.05) is 11.7 Å². The van der Waals surface area contributed by atoms with Crippen molar-refractivity contribution in [3.05, 3.63) is 17.5 Å².